The van der Waals surface area contributed by atoms with E-state index in [0.717, 1.165) is 16.8 Å². The number of thiophene rings is 1. The summed E-state index contributed by atoms with van der Waals surface area (Å²) in [7, 11) is 0. The molecule has 0 saturated heterocycles. The summed E-state index contributed by atoms with van der Waals surface area (Å²) in [6.45, 7) is 1.94. The first kappa shape index (κ1) is 9.93. The molecule has 76 valence electrons. The molecule has 0 saturated carbocycles. The third-order valence-corrected chi connectivity index (χ3v) is 2.99. The fraction of sp³-hybridized carbons (Fsp3) is 0.0833. The van der Waals surface area contributed by atoms with E-state index >= 15 is 0 Å². The number of aryl methyl sites for hydroxylation is 1. The Balaban J connectivity index is 2.15. The fourth-order valence-corrected chi connectivity index (χ4v) is 2.14. The summed E-state index contributed by atoms with van der Waals surface area (Å²) >= 11 is 1.54. The minimum atomic E-state index is -0.0417. The van der Waals surface area contributed by atoms with Gasteiger partial charge in [0.05, 0.1) is 5.56 Å². The second-order valence-corrected chi connectivity index (χ2v) is 4.03. The largest absolute Gasteiger partial charge is 0.322 e. The second kappa shape index (κ2) is 4.28. The van der Waals surface area contributed by atoms with Gasteiger partial charge in [0.25, 0.3) is 5.91 Å². The molecule has 1 amide bonds. The molecule has 2 nitrogen and oxygen atoms in total. The molecule has 0 aliphatic heterocycles. The van der Waals surface area contributed by atoms with Crippen LogP contribution in [0.1, 0.15) is 15.9 Å². The van der Waals surface area contributed by atoms with Crippen molar-refractivity contribution in [2.75, 3.05) is 5.32 Å². The van der Waals surface area contributed by atoms with E-state index in [9.17, 15) is 4.79 Å². The average Bonchev–Trinajstić information content (AvgIpc) is 2.66. The minimum Gasteiger partial charge on any atom is -0.322 e. The Morgan fingerprint density at radius 3 is 2.53 bits per heavy atom. The van der Waals surface area contributed by atoms with Crippen molar-refractivity contribution < 1.29 is 4.79 Å². The molecule has 0 bridgehead atoms. The van der Waals surface area contributed by atoms with Gasteiger partial charge in [-0.1, -0.05) is 18.2 Å². The van der Waals surface area contributed by atoms with Crippen LogP contribution >= 0.6 is 11.3 Å². The molecule has 0 fully saturated rings. The summed E-state index contributed by atoms with van der Waals surface area (Å²) in [4.78, 5) is 11.8. The van der Waals surface area contributed by atoms with E-state index in [0.29, 0.717) is 0 Å². The predicted octanol–water partition coefficient (Wildman–Crippen LogP) is 3.31. The van der Waals surface area contributed by atoms with Crippen molar-refractivity contribution in [3.63, 3.8) is 0 Å². The highest BCUT2D eigenvalue weighted by Crippen LogP contribution is 2.15. The number of amides is 1. The van der Waals surface area contributed by atoms with Crippen LogP contribution in [0, 0.1) is 6.92 Å². The van der Waals surface area contributed by atoms with Gasteiger partial charge in [0.2, 0.25) is 0 Å². The maximum absolute atomic E-state index is 11.8. The molecule has 15 heavy (non-hydrogen) atoms. The third kappa shape index (κ3) is 2.25. The van der Waals surface area contributed by atoms with Crippen molar-refractivity contribution >= 4 is 22.9 Å². The van der Waals surface area contributed by atoms with E-state index in [1.165, 1.54) is 0 Å². The minimum absolute atomic E-state index is 0.0417. The van der Waals surface area contributed by atoms with Gasteiger partial charge in [-0.2, -0.15) is 11.3 Å². The molecule has 0 spiro atoms. The number of para-hydroxylation sites is 1. The van der Waals surface area contributed by atoms with Crippen molar-refractivity contribution in [3.05, 3.63) is 52.2 Å². The van der Waals surface area contributed by atoms with Gasteiger partial charge < -0.3 is 5.32 Å². The zero-order chi connectivity index (χ0) is 10.7. The van der Waals surface area contributed by atoms with Crippen LogP contribution in [-0.2, 0) is 0 Å². The molecular formula is C12H11NOS. The van der Waals surface area contributed by atoms with Crippen molar-refractivity contribution in [1.82, 2.24) is 0 Å². The maximum atomic E-state index is 11.8. The topological polar surface area (TPSA) is 29.1 Å². The molecule has 0 aliphatic rings. The molecule has 0 atom stereocenters. The Bertz CT molecular complexity index is 461. The fourth-order valence-electron chi connectivity index (χ4n) is 1.31. The predicted molar refractivity (Wildman–Crippen MR) is 63.5 cm³/mol. The van der Waals surface area contributed by atoms with E-state index in [1.807, 2.05) is 48.0 Å². The molecule has 3 heteroatoms. The maximum Gasteiger partial charge on any atom is 0.256 e. The van der Waals surface area contributed by atoms with E-state index in [1.54, 1.807) is 11.3 Å². The number of carbonyl (C=O) groups is 1. The van der Waals surface area contributed by atoms with Crippen LogP contribution in [0.2, 0.25) is 0 Å². The summed E-state index contributed by atoms with van der Waals surface area (Å²) < 4.78 is 0. The van der Waals surface area contributed by atoms with Crippen molar-refractivity contribution in [1.29, 1.82) is 0 Å². The van der Waals surface area contributed by atoms with Gasteiger partial charge in [-0.05, 0) is 30.0 Å². The number of hydrogen-bond donors (Lipinski definition) is 1. The highest BCUT2D eigenvalue weighted by molar-refractivity contribution is 7.08. The molecule has 2 rings (SSSR count). The SMILES string of the molecule is Cc1cscc1C(=O)Nc1ccccc1. The van der Waals surface area contributed by atoms with Crippen molar-refractivity contribution in [3.8, 4) is 0 Å². The molecule has 0 aliphatic carbocycles. The Labute approximate surface area is 92.6 Å². The van der Waals surface area contributed by atoms with Gasteiger partial charge in [-0.3, -0.25) is 4.79 Å². The molecule has 0 unspecified atom stereocenters. The molecule has 2 aromatic rings. The summed E-state index contributed by atoms with van der Waals surface area (Å²) in [5.74, 6) is -0.0417. The summed E-state index contributed by atoms with van der Waals surface area (Å²) in [6, 6.07) is 9.47. The van der Waals surface area contributed by atoms with Crippen LogP contribution in [0.4, 0.5) is 5.69 Å². The first-order valence-corrected chi connectivity index (χ1v) is 5.61. The normalized spacial score (nSPS) is 9.93. The summed E-state index contributed by atoms with van der Waals surface area (Å²) in [5, 5.41) is 6.69. The molecular weight excluding hydrogens is 206 g/mol. The van der Waals surface area contributed by atoms with Crippen LogP contribution in [0.25, 0.3) is 0 Å². The lowest BCUT2D eigenvalue weighted by Gasteiger charge is -2.03. The van der Waals surface area contributed by atoms with E-state index in [-0.39, 0.29) is 5.91 Å². The first-order valence-electron chi connectivity index (χ1n) is 4.66. The van der Waals surface area contributed by atoms with Gasteiger partial charge in [-0.15, -0.1) is 0 Å². The number of rotatable bonds is 2. The Kier molecular flexibility index (Phi) is 2.83. The van der Waals surface area contributed by atoms with Crippen LogP contribution in [0.3, 0.4) is 0 Å². The zero-order valence-electron chi connectivity index (χ0n) is 8.36. The standard InChI is InChI=1S/C12H11NOS/c1-9-7-15-8-11(9)12(14)13-10-5-3-2-4-6-10/h2-8H,1H3,(H,13,14). The van der Waals surface area contributed by atoms with Crippen LogP contribution in [0.5, 0.6) is 0 Å². The van der Waals surface area contributed by atoms with Crippen molar-refractivity contribution in [2.45, 2.75) is 6.92 Å². The lowest BCUT2D eigenvalue weighted by Crippen LogP contribution is -2.11. The molecule has 1 aromatic carbocycles. The van der Waals surface area contributed by atoms with Crippen LogP contribution in [0.15, 0.2) is 41.1 Å². The monoisotopic (exact) mass is 217 g/mol. The van der Waals surface area contributed by atoms with Crippen LogP contribution in [-0.4, -0.2) is 5.91 Å². The van der Waals surface area contributed by atoms with E-state index < -0.39 is 0 Å². The van der Waals surface area contributed by atoms with Crippen LogP contribution < -0.4 is 5.32 Å². The molecule has 1 N–H and O–H groups in total. The Morgan fingerprint density at radius 2 is 1.93 bits per heavy atom. The number of benzene rings is 1. The lowest BCUT2D eigenvalue weighted by molar-refractivity contribution is 0.102. The highest BCUT2D eigenvalue weighted by Gasteiger charge is 2.09. The first-order chi connectivity index (χ1) is 7.27. The number of carbonyl (C=O) groups excluding carboxylic acids is 1. The van der Waals surface area contributed by atoms with E-state index in [2.05, 4.69) is 5.32 Å². The lowest BCUT2D eigenvalue weighted by atomic mass is 10.2. The van der Waals surface area contributed by atoms with E-state index in [4.69, 9.17) is 0 Å². The molecule has 1 aromatic heterocycles. The van der Waals surface area contributed by atoms with Gasteiger partial charge >= 0.3 is 0 Å². The van der Waals surface area contributed by atoms with Crippen molar-refractivity contribution in [2.24, 2.45) is 0 Å². The van der Waals surface area contributed by atoms with Gasteiger partial charge in [0.15, 0.2) is 0 Å². The van der Waals surface area contributed by atoms with Gasteiger partial charge in [0.1, 0.15) is 0 Å². The average molecular weight is 217 g/mol. The Morgan fingerprint density at radius 1 is 1.20 bits per heavy atom. The zero-order valence-corrected chi connectivity index (χ0v) is 9.17. The molecule has 0 radical (unpaired) electrons. The summed E-state index contributed by atoms with van der Waals surface area (Å²) in [6.07, 6.45) is 0. The van der Waals surface area contributed by atoms with Gasteiger partial charge in [0, 0.05) is 11.1 Å². The smallest absolute Gasteiger partial charge is 0.256 e. The van der Waals surface area contributed by atoms with Gasteiger partial charge in [-0.25, -0.2) is 0 Å². The number of nitrogens with one attached hydrogen (secondary N) is 1. The molecule has 1 heterocycles. The second-order valence-electron chi connectivity index (χ2n) is 3.29. The Hall–Kier alpha value is -1.61. The third-order valence-electron chi connectivity index (χ3n) is 2.13. The number of hydrogen-bond acceptors (Lipinski definition) is 2. The quantitative estimate of drug-likeness (QED) is 0.821. The summed E-state index contributed by atoms with van der Waals surface area (Å²) in [5.41, 5.74) is 2.60. The number of anilines is 1. The highest BCUT2D eigenvalue weighted by atomic mass is 32.1.